The lowest BCUT2D eigenvalue weighted by atomic mass is 10.1. The molecule has 1 aliphatic rings. The van der Waals surface area contributed by atoms with Crippen LogP contribution in [-0.4, -0.2) is 51.5 Å². The Morgan fingerprint density at radius 3 is 2.57 bits per heavy atom. The van der Waals surface area contributed by atoms with Crippen molar-refractivity contribution in [2.75, 3.05) is 26.7 Å². The summed E-state index contributed by atoms with van der Waals surface area (Å²) in [5, 5.41) is 2.71. The lowest BCUT2D eigenvalue weighted by molar-refractivity contribution is -0.121. The third kappa shape index (κ3) is 4.45. The molecule has 1 N–H and O–H groups in total. The highest BCUT2D eigenvalue weighted by Gasteiger charge is 2.25. The smallest absolute Gasteiger partial charge is 0.243 e. The Labute approximate surface area is 165 Å². The monoisotopic (exact) mass is 404 g/mol. The molecule has 8 heteroatoms. The van der Waals surface area contributed by atoms with Crippen LogP contribution in [0, 0.1) is 13.8 Å². The maximum Gasteiger partial charge on any atom is 0.243 e. The fourth-order valence-corrected chi connectivity index (χ4v) is 4.00. The number of benzene rings is 2. The summed E-state index contributed by atoms with van der Waals surface area (Å²) >= 11 is 0. The van der Waals surface area contributed by atoms with Crippen molar-refractivity contribution in [2.24, 2.45) is 0 Å². The third-order valence-electron chi connectivity index (χ3n) is 4.65. The molecule has 0 saturated carbocycles. The van der Waals surface area contributed by atoms with Gasteiger partial charge in [0.05, 0.1) is 18.0 Å². The Morgan fingerprint density at radius 2 is 1.86 bits per heavy atom. The van der Waals surface area contributed by atoms with Crippen LogP contribution < -0.4 is 14.8 Å². The fraction of sp³-hybridized carbons (Fsp3) is 0.350. The molecule has 0 spiro atoms. The minimum Gasteiger partial charge on any atom is -0.486 e. The molecule has 0 aromatic heterocycles. The molecule has 1 heterocycles. The number of fused-ring (bicyclic) bond motifs is 1. The molecule has 0 radical (unpaired) electrons. The van der Waals surface area contributed by atoms with Crippen LogP contribution in [0.1, 0.15) is 11.1 Å². The Morgan fingerprint density at radius 1 is 1.14 bits per heavy atom. The zero-order valence-corrected chi connectivity index (χ0v) is 17.0. The molecule has 1 amide bonds. The number of ether oxygens (including phenoxy) is 2. The second kappa shape index (κ2) is 8.20. The summed E-state index contributed by atoms with van der Waals surface area (Å²) in [6.45, 7) is 4.03. The Kier molecular flexibility index (Phi) is 5.90. The van der Waals surface area contributed by atoms with E-state index in [1.807, 2.05) is 32.0 Å². The number of nitrogens with one attached hydrogen (secondary N) is 1. The van der Waals surface area contributed by atoms with Crippen LogP contribution in [-0.2, 0) is 14.8 Å². The van der Waals surface area contributed by atoms with Crippen LogP contribution in [0.4, 0.5) is 0 Å². The van der Waals surface area contributed by atoms with Gasteiger partial charge < -0.3 is 14.8 Å². The van der Waals surface area contributed by atoms with Gasteiger partial charge in [-0.1, -0.05) is 18.2 Å². The van der Waals surface area contributed by atoms with Crippen molar-refractivity contribution in [1.82, 2.24) is 9.62 Å². The van der Waals surface area contributed by atoms with E-state index in [4.69, 9.17) is 9.47 Å². The van der Waals surface area contributed by atoms with Gasteiger partial charge in [-0.15, -0.1) is 0 Å². The number of nitrogens with zero attached hydrogens (tertiary/aromatic N) is 1. The Balaban J connectivity index is 1.55. The standard InChI is InChI=1S/C20H24N2O5S/c1-14-8-9-17(10-15(14)2)28(24,25)22(3)12-20(23)21-11-16-13-26-18-6-4-5-7-19(18)27-16/h4-10,16H,11-13H2,1-3H3,(H,21,23)/t16-/m1/s1. The average molecular weight is 404 g/mol. The summed E-state index contributed by atoms with van der Waals surface area (Å²) in [7, 11) is -2.35. The van der Waals surface area contributed by atoms with E-state index in [1.54, 1.807) is 24.3 Å². The zero-order chi connectivity index (χ0) is 20.3. The predicted molar refractivity (Wildman–Crippen MR) is 105 cm³/mol. The Hall–Kier alpha value is -2.58. The van der Waals surface area contributed by atoms with Gasteiger partial charge in [-0.2, -0.15) is 4.31 Å². The number of rotatable bonds is 6. The Bertz CT molecular complexity index is 974. The molecule has 2 aromatic rings. The first-order valence-corrected chi connectivity index (χ1v) is 10.4. The van der Waals surface area contributed by atoms with Crippen molar-refractivity contribution in [3.8, 4) is 11.5 Å². The second-order valence-electron chi connectivity index (χ2n) is 6.81. The number of carbonyl (C=O) groups is 1. The SMILES string of the molecule is Cc1ccc(S(=O)(=O)N(C)CC(=O)NC[C@@H]2COc3ccccc3O2)cc1C. The molecule has 3 rings (SSSR count). The first-order chi connectivity index (χ1) is 13.3. The first kappa shape index (κ1) is 20.2. The van der Waals surface area contributed by atoms with Gasteiger partial charge in [0.25, 0.3) is 0 Å². The van der Waals surface area contributed by atoms with E-state index >= 15 is 0 Å². The number of likely N-dealkylation sites (N-methyl/N-ethyl adjacent to an activating group) is 1. The minimum atomic E-state index is -3.74. The van der Waals surface area contributed by atoms with Gasteiger partial charge >= 0.3 is 0 Å². The lowest BCUT2D eigenvalue weighted by Gasteiger charge is -2.26. The van der Waals surface area contributed by atoms with Gasteiger partial charge in [0.1, 0.15) is 12.7 Å². The number of hydrogen-bond acceptors (Lipinski definition) is 5. The number of carbonyl (C=O) groups excluding carboxylic acids is 1. The van der Waals surface area contributed by atoms with Gasteiger partial charge in [-0.3, -0.25) is 4.79 Å². The van der Waals surface area contributed by atoms with Crippen molar-refractivity contribution in [2.45, 2.75) is 24.8 Å². The van der Waals surface area contributed by atoms with Crippen LogP contribution in [0.25, 0.3) is 0 Å². The number of para-hydroxylation sites is 2. The normalized spacial score (nSPS) is 16.1. The molecule has 2 aromatic carbocycles. The topological polar surface area (TPSA) is 84.9 Å². The summed E-state index contributed by atoms with van der Waals surface area (Å²) in [5.41, 5.74) is 1.89. The van der Waals surface area contributed by atoms with Crippen LogP contribution in [0.3, 0.4) is 0 Å². The van der Waals surface area contributed by atoms with Crippen molar-refractivity contribution in [3.63, 3.8) is 0 Å². The number of aryl methyl sites for hydroxylation is 2. The van der Waals surface area contributed by atoms with E-state index in [2.05, 4.69) is 5.32 Å². The minimum absolute atomic E-state index is 0.173. The first-order valence-electron chi connectivity index (χ1n) is 8.96. The molecule has 1 atom stereocenters. The summed E-state index contributed by atoms with van der Waals surface area (Å²) in [6.07, 6.45) is -0.333. The summed E-state index contributed by atoms with van der Waals surface area (Å²) < 4.78 is 37.8. The summed E-state index contributed by atoms with van der Waals surface area (Å²) in [6, 6.07) is 12.2. The number of amides is 1. The van der Waals surface area contributed by atoms with E-state index in [0.717, 1.165) is 15.4 Å². The number of sulfonamides is 1. The molecule has 1 aliphatic heterocycles. The predicted octanol–water partition coefficient (Wildman–Crippen LogP) is 1.88. The largest absolute Gasteiger partial charge is 0.486 e. The molecule has 28 heavy (non-hydrogen) atoms. The van der Waals surface area contributed by atoms with Crippen molar-refractivity contribution in [3.05, 3.63) is 53.6 Å². The van der Waals surface area contributed by atoms with E-state index in [-0.39, 0.29) is 24.1 Å². The molecular formula is C20H24N2O5S. The highest BCUT2D eigenvalue weighted by Crippen LogP contribution is 2.30. The highest BCUT2D eigenvalue weighted by molar-refractivity contribution is 7.89. The molecule has 0 bridgehead atoms. The molecule has 7 nitrogen and oxygen atoms in total. The van der Waals surface area contributed by atoms with Crippen LogP contribution in [0.5, 0.6) is 11.5 Å². The van der Waals surface area contributed by atoms with Gasteiger partial charge in [-0.25, -0.2) is 8.42 Å². The van der Waals surface area contributed by atoms with Gasteiger partial charge in [0.2, 0.25) is 15.9 Å². The van der Waals surface area contributed by atoms with Gasteiger partial charge in [0, 0.05) is 7.05 Å². The van der Waals surface area contributed by atoms with Crippen molar-refractivity contribution >= 4 is 15.9 Å². The maximum atomic E-state index is 12.7. The summed E-state index contributed by atoms with van der Waals surface area (Å²) in [4.78, 5) is 12.4. The van der Waals surface area contributed by atoms with Crippen LogP contribution in [0.15, 0.2) is 47.4 Å². The maximum absolute atomic E-state index is 12.7. The molecule has 150 valence electrons. The summed E-state index contributed by atoms with van der Waals surface area (Å²) in [5.74, 6) is 0.893. The second-order valence-corrected chi connectivity index (χ2v) is 8.85. The third-order valence-corrected chi connectivity index (χ3v) is 6.45. The van der Waals surface area contributed by atoms with Crippen LogP contribution in [0.2, 0.25) is 0 Å². The molecule has 0 aliphatic carbocycles. The van der Waals surface area contributed by atoms with Gasteiger partial charge in [-0.05, 0) is 49.2 Å². The number of hydrogen-bond donors (Lipinski definition) is 1. The van der Waals surface area contributed by atoms with Crippen molar-refractivity contribution in [1.29, 1.82) is 0 Å². The van der Waals surface area contributed by atoms with Gasteiger partial charge in [0.15, 0.2) is 11.5 Å². The van der Waals surface area contributed by atoms with Crippen molar-refractivity contribution < 1.29 is 22.7 Å². The molecule has 0 saturated heterocycles. The van der Waals surface area contributed by atoms with E-state index in [0.29, 0.717) is 18.1 Å². The van der Waals surface area contributed by atoms with Crippen LogP contribution >= 0.6 is 0 Å². The lowest BCUT2D eigenvalue weighted by Crippen LogP contribution is -2.44. The molecular weight excluding hydrogens is 380 g/mol. The van der Waals surface area contributed by atoms with E-state index in [1.165, 1.54) is 7.05 Å². The fourth-order valence-electron chi connectivity index (χ4n) is 2.79. The highest BCUT2D eigenvalue weighted by atomic mass is 32.2. The molecule has 0 unspecified atom stereocenters. The quantitative estimate of drug-likeness (QED) is 0.795. The van der Waals surface area contributed by atoms with E-state index < -0.39 is 15.9 Å². The molecule has 0 fully saturated rings. The zero-order valence-electron chi connectivity index (χ0n) is 16.1. The average Bonchev–Trinajstić information content (AvgIpc) is 2.68. The van der Waals surface area contributed by atoms with E-state index in [9.17, 15) is 13.2 Å².